The van der Waals surface area contributed by atoms with Crippen molar-refractivity contribution in [2.24, 2.45) is 5.92 Å². The number of thioether (sulfide) groups is 1. The minimum absolute atomic E-state index is 0.354. The van der Waals surface area contributed by atoms with Crippen LogP contribution in [0.25, 0.3) is 17.3 Å². The molecule has 2 aliphatic heterocycles. The van der Waals surface area contributed by atoms with E-state index >= 15 is 0 Å². The quantitative estimate of drug-likeness (QED) is 0.479. The molecule has 2 fully saturated rings. The average Bonchev–Trinajstić information content (AvgIpc) is 3.50. The van der Waals surface area contributed by atoms with Crippen molar-refractivity contribution in [1.29, 1.82) is 0 Å². The lowest BCUT2D eigenvalue weighted by Crippen LogP contribution is -2.38. The van der Waals surface area contributed by atoms with Crippen LogP contribution < -0.4 is 15.5 Å². The molecule has 3 aromatic heterocycles. The highest BCUT2D eigenvalue weighted by molar-refractivity contribution is 8.18. The zero-order valence-electron chi connectivity index (χ0n) is 18.4. The third kappa shape index (κ3) is 5.52. The number of thiophene rings is 1. The van der Waals surface area contributed by atoms with Crippen LogP contribution in [-0.4, -0.2) is 45.7 Å². The van der Waals surface area contributed by atoms with Crippen molar-refractivity contribution >= 4 is 46.3 Å². The van der Waals surface area contributed by atoms with Crippen molar-refractivity contribution in [3.05, 3.63) is 63.6 Å². The summed E-state index contributed by atoms with van der Waals surface area (Å²) in [7, 11) is 0. The summed E-state index contributed by atoms with van der Waals surface area (Å²) in [4.78, 5) is 39.2. The zero-order valence-corrected chi connectivity index (χ0v) is 20.1. The zero-order chi connectivity index (χ0) is 23.3. The monoisotopic (exact) mass is 492 g/mol. The molecule has 0 atom stereocenters. The molecular weight excluding hydrogens is 468 g/mol. The fourth-order valence-corrected chi connectivity index (χ4v) is 5.33. The number of pyridine rings is 1. The number of anilines is 1. The Morgan fingerprint density at radius 3 is 2.74 bits per heavy atom. The maximum absolute atomic E-state index is 11.8. The highest BCUT2D eigenvalue weighted by Gasteiger charge is 2.25. The fourth-order valence-electron chi connectivity index (χ4n) is 4.02. The fraction of sp³-hybridized carbons (Fsp3) is 0.292. The van der Waals surface area contributed by atoms with Crippen molar-refractivity contribution in [2.45, 2.75) is 19.4 Å². The number of nitrogens with zero attached hydrogens (tertiary/aromatic N) is 4. The van der Waals surface area contributed by atoms with Crippen LogP contribution in [0.4, 0.5) is 10.7 Å². The number of carbonyl (C=O) groups is 2. The van der Waals surface area contributed by atoms with Crippen molar-refractivity contribution in [3.8, 4) is 11.3 Å². The van der Waals surface area contributed by atoms with Crippen LogP contribution in [0.1, 0.15) is 24.1 Å². The Morgan fingerprint density at radius 1 is 1.15 bits per heavy atom. The van der Waals surface area contributed by atoms with Gasteiger partial charge < -0.3 is 10.2 Å². The maximum Gasteiger partial charge on any atom is 0.290 e. The standard InChI is InChI=1S/C24H24N6O2S2/c31-22-21(34-24(32)29-22)11-19-3-7-26-23(28-19)30-8-4-16(5-9-30)12-25-13-17-1-2-20(27-14-17)18-6-10-33-15-18/h1-3,6-7,10-11,14-16,25H,4-5,8-9,12-13H2,(H,29,31,32)/b21-11-. The van der Waals surface area contributed by atoms with Gasteiger partial charge in [-0.15, -0.1) is 0 Å². The molecule has 0 aliphatic carbocycles. The molecule has 0 unspecified atom stereocenters. The molecule has 0 spiro atoms. The molecule has 2 amide bonds. The number of nitrogens with one attached hydrogen (secondary N) is 2. The second-order valence-corrected chi connectivity index (χ2v) is 10.1. The van der Waals surface area contributed by atoms with Crippen molar-refractivity contribution in [3.63, 3.8) is 0 Å². The van der Waals surface area contributed by atoms with E-state index in [0.717, 1.165) is 56.5 Å². The molecule has 5 rings (SSSR count). The molecule has 2 saturated heterocycles. The third-order valence-electron chi connectivity index (χ3n) is 5.89. The molecule has 34 heavy (non-hydrogen) atoms. The molecule has 2 aliphatic rings. The molecule has 0 bridgehead atoms. The Labute approximate surface area is 205 Å². The van der Waals surface area contributed by atoms with Gasteiger partial charge in [0.25, 0.3) is 11.1 Å². The van der Waals surface area contributed by atoms with E-state index in [1.54, 1.807) is 29.7 Å². The number of hydrogen-bond donors (Lipinski definition) is 2. The van der Waals surface area contributed by atoms with Gasteiger partial charge in [0.1, 0.15) is 0 Å². The highest BCUT2D eigenvalue weighted by Crippen LogP contribution is 2.26. The second kappa shape index (κ2) is 10.5. The minimum Gasteiger partial charge on any atom is -0.341 e. The van der Waals surface area contributed by atoms with Crippen LogP contribution in [-0.2, 0) is 11.3 Å². The summed E-state index contributed by atoms with van der Waals surface area (Å²) in [6.45, 7) is 3.55. The Hall–Kier alpha value is -3.08. The number of imide groups is 1. The first-order chi connectivity index (χ1) is 16.6. The topological polar surface area (TPSA) is 100 Å². The molecule has 0 radical (unpaired) electrons. The summed E-state index contributed by atoms with van der Waals surface area (Å²) in [6.07, 6.45) is 7.40. The summed E-state index contributed by atoms with van der Waals surface area (Å²) >= 11 is 2.57. The van der Waals surface area contributed by atoms with Crippen LogP contribution in [0.5, 0.6) is 0 Å². The van der Waals surface area contributed by atoms with E-state index in [0.29, 0.717) is 22.5 Å². The van der Waals surface area contributed by atoms with Gasteiger partial charge in [-0.3, -0.25) is 19.9 Å². The van der Waals surface area contributed by atoms with Crippen molar-refractivity contribution < 1.29 is 9.59 Å². The van der Waals surface area contributed by atoms with Gasteiger partial charge >= 0.3 is 0 Å². The normalized spacial score (nSPS) is 18.0. The first kappa shape index (κ1) is 22.7. The summed E-state index contributed by atoms with van der Waals surface area (Å²) in [6, 6.07) is 8.05. The van der Waals surface area contributed by atoms with Gasteiger partial charge in [-0.25, -0.2) is 9.97 Å². The number of carbonyl (C=O) groups excluding carboxylic acids is 2. The van der Waals surface area contributed by atoms with Gasteiger partial charge in [0.2, 0.25) is 5.95 Å². The van der Waals surface area contributed by atoms with Crippen LogP contribution in [0.3, 0.4) is 0 Å². The maximum atomic E-state index is 11.8. The largest absolute Gasteiger partial charge is 0.341 e. The van der Waals surface area contributed by atoms with Crippen molar-refractivity contribution in [1.82, 2.24) is 25.6 Å². The predicted molar refractivity (Wildman–Crippen MR) is 135 cm³/mol. The van der Waals surface area contributed by atoms with Crippen molar-refractivity contribution in [2.75, 3.05) is 24.5 Å². The second-order valence-electron chi connectivity index (χ2n) is 8.26. The van der Waals surface area contributed by atoms with Gasteiger partial charge in [0.15, 0.2) is 0 Å². The molecule has 0 aromatic carbocycles. The lowest BCUT2D eigenvalue weighted by atomic mass is 9.97. The SMILES string of the molecule is O=C1NC(=O)/C(=C/c2ccnc(N3CCC(CNCc4ccc(-c5ccsc5)nc4)CC3)n2)S1. The number of amides is 2. The first-order valence-corrected chi connectivity index (χ1v) is 12.9. The summed E-state index contributed by atoms with van der Waals surface area (Å²) in [5, 5.41) is 9.66. The van der Waals surface area contributed by atoms with Gasteiger partial charge in [0, 0.05) is 43.0 Å². The summed E-state index contributed by atoms with van der Waals surface area (Å²) in [5.41, 5.74) is 3.99. The number of aromatic nitrogens is 3. The molecule has 3 aromatic rings. The first-order valence-electron chi connectivity index (χ1n) is 11.1. The Morgan fingerprint density at radius 2 is 2.03 bits per heavy atom. The highest BCUT2D eigenvalue weighted by atomic mass is 32.2. The molecule has 8 nitrogen and oxygen atoms in total. The van der Waals surface area contributed by atoms with Gasteiger partial charge in [-0.1, -0.05) is 6.07 Å². The number of piperidine rings is 1. The van der Waals surface area contributed by atoms with E-state index in [1.807, 2.05) is 6.20 Å². The van der Waals surface area contributed by atoms with Gasteiger partial charge in [-0.2, -0.15) is 11.3 Å². The Bertz CT molecular complexity index is 1190. The van der Waals surface area contributed by atoms with E-state index in [9.17, 15) is 9.59 Å². The predicted octanol–water partition coefficient (Wildman–Crippen LogP) is 3.93. The van der Waals surface area contributed by atoms with Crippen LogP contribution in [0.2, 0.25) is 0 Å². The van der Waals surface area contributed by atoms with E-state index < -0.39 is 0 Å². The molecular formula is C24H24N6O2S2. The summed E-state index contributed by atoms with van der Waals surface area (Å²) in [5.74, 6) is 0.883. The molecule has 0 saturated carbocycles. The van der Waals surface area contributed by atoms with E-state index in [2.05, 4.69) is 59.4 Å². The third-order valence-corrected chi connectivity index (χ3v) is 7.38. The molecule has 2 N–H and O–H groups in total. The number of hydrogen-bond acceptors (Lipinski definition) is 9. The van der Waals surface area contributed by atoms with Crippen LogP contribution in [0, 0.1) is 5.92 Å². The smallest absolute Gasteiger partial charge is 0.290 e. The summed E-state index contributed by atoms with van der Waals surface area (Å²) < 4.78 is 0. The Balaban J connectivity index is 1.09. The van der Waals surface area contributed by atoms with Gasteiger partial charge in [0.05, 0.1) is 16.3 Å². The minimum atomic E-state index is -0.377. The molecule has 174 valence electrons. The van der Waals surface area contributed by atoms with Crippen LogP contribution >= 0.6 is 23.1 Å². The number of rotatable bonds is 7. The molecule has 10 heteroatoms. The van der Waals surface area contributed by atoms with E-state index in [4.69, 9.17) is 0 Å². The van der Waals surface area contributed by atoms with E-state index in [-0.39, 0.29) is 11.1 Å². The molecule has 5 heterocycles. The van der Waals surface area contributed by atoms with Crippen LogP contribution in [0.15, 0.2) is 52.3 Å². The Kier molecular flexibility index (Phi) is 6.98. The lowest BCUT2D eigenvalue weighted by Gasteiger charge is -2.32. The van der Waals surface area contributed by atoms with Gasteiger partial charge in [-0.05, 0) is 72.3 Å². The average molecular weight is 493 g/mol. The van der Waals surface area contributed by atoms with E-state index in [1.165, 1.54) is 11.1 Å². The lowest BCUT2D eigenvalue weighted by molar-refractivity contribution is -0.115.